The van der Waals surface area contributed by atoms with Crippen LogP contribution in [0.3, 0.4) is 0 Å². The van der Waals surface area contributed by atoms with E-state index < -0.39 is 15.6 Å². The molecule has 1 fully saturated rings. The van der Waals surface area contributed by atoms with Crippen LogP contribution in [0.4, 0.5) is 0 Å². The molecule has 1 aromatic rings. The molecular formula is C15H25ClN2O3S. The molecule has 0 aromatic heterocycles. The summed E-state index contributed by atoms with van der Waals surface area (Å²) >= 11 is 0. The second kappa shape index (κ2) is 7.64. The molecule has 0 bridgehead atoms. The summed E-state index contributed by atoms with van der Waals surface area (Å²) in [6.45, 7) is 2.12. The molecule has 1 aliphatic carbocycles. The number of halogens is 1. The summed E-state index contributed by atoms with van der Waals surface area (Å²) in [6.07, 6.45) is 5.02. The van der Waals surface area contributed by atoms with Gasteiger partial charge in [-0.3, -0.25) is 0 Å². The van der Waals surface area contributed by atoms with Crippen LogP contribution in [0.15, 0.2) is 23.1 Å². The van der Waals surface area contributed by atoms with Crippen LogP contribution < -0.4 is 15.2 Å². The number of nitrogens with one attached hydrogen (secondary N) is 1. The average Bonchev–Trinajstić information content (AvgIpc) is 2.46. The molecule has 7 heteroatoms. The molecule has 126 valence electrons. The van der Waals surface area contributed by atoms with Gasteiger partial charge in [0, 0.05) is 12.1 Å². The monoisotopic (exact) mass is 348 g/mol. The van der Waals surface area contributed by atoms with E-state index in [4.69, 9.17) is 10.5 Å². The minimum atomic E-state index is -3.62. The van der Waals surface area contributed by atoms with E-state index in [0.717, 1.165) is 31.2 Å². The molecule has 0 spiro atoms. The van der Waals surface area contributed by atoms with E-state index in [-0.39, 0.29) is 23.8 Å². The molecule has 0 radical (unpaired) electrons. The Morgan fingerprint density at radius 3 is 2.50 bits per heavy atom. The Balaban J connectivity index is 0.00000242. The Kier molecular flexibility index (Phi) is 6.67. The van der Waals surface area contributed by atoms with Gasteiger partial charge >= 0.3 is 0 Å². The van der Waals surface area contributed by atoms with Crippen molar-refractivity contribution in [3.05, 3.63) is 23.8 Å². The number of hydrogen-bond donors (Lipinski definition) is 2. The van der Waals surface area contributed by atoms with E-state index in [9.17, 15) is 8.42 Å². The van der Waals surface area contributed by atoms with Crippen LogP contribution in [-0.4, -0.2) is 27.6 Å². The normalized spacial score (nSPS) is 17.6. The summed E-state index contributed by atoms with van der Waals surface area (Å²) in [5, 5.41) is 0. The van der Waals surface area contributed by atoms with Crippen LogP contribution in [-0.2, 0) is 10.0 Å². The maximum atomic E-state index is 12.5. The Labute approximate surface area is 139 Å². The lowest BCUT2D eigenvalue weighted by Gasteiger charge is -2.33. The highest BCUT2D eigenvalue weighted by Crippen LogP contribution is 2.27. The van der Waals surface area contributed by atoms with Gasteiger partial charge in [-0.1, -0.05) is 25.3 Å². The SMILES string of the molecule is COc1ccc(C)cc1S(=O)(=O)NCC1(N)CCCCC1.Cl. The first-order valence-corrected chi connectivity index (χ1v) is 8.78. The fourth-order valence-electron chi connectivity index (χ4n) is 2.74. The van der Waals surface area contributed by atoms with Crippen molar-refractivity contribution in [2.75, 3.05) is 13.7 Å². The highest BCUT2D eigenvalue weighted by molar-refractivity contribution is 7.89. The third-order valence-electron chi connectivity index (χ3n) is 4.07. The Morgan fingerprint density at radius 1 is 1.27 bits per heavy atom. The predicted octanol–water partition coefficient (Wildman–Crippen LogP) is 2.37. The second-order valence-corrected chi connectivity index (χ2v) is 7.64. The summed E-state index contributed by atoms with van der Waals surface area (Å²) in [5.74, 6) is 0.350. The smallest absolute Gasteiger partial charge is 0.244 e. The lowest BCUT2D eigenvalue weighted by atomic mass is 9.83. The molecule has 0 saturated heterocycles. The van der Waals surface area contributed by atoms with Crippen molar-refractivity contribution in [3.63, 3.8) is 0 Å². The summed E-state index contributed by atoms with van der Waals surface area (Å²) in [5.41, 5.74) is 6.73. The molecule has 1 aromatic carbocycles. The second-order valence-electron chi connectivity index (χ2n) is 5.90. The average molecular weight is 349 g/mol. The fourth-order valence-corrected chi connectivity index (χ4v) is 4.13. The summed E-state index contributed by atoms with van der Waals surface area (Å²) < 4.78 is 32.8. The number of nitrogens with two attached hydrogens (primary N) is 1. The van der Waals surface area contributed by atoms with E-state index in [1.165, 1.54) is 13.5 Å². The molecule has 1 saturated carbocycles. The predicted molar refractivity (Wildman–Crippen MR) is 90.2 cm³/mol. The van der Waals surface area contributed by atoms with Gasteiger partial charge in [0.2, 0.25) is 10.0 Å². The number of benzene rings is 1. The summed E-state index contributed by atoms with van der Waals surface area (Å²) in [4.78, 5) is 0.171. The number of aryl methyl sites for hydroxylation is 1. The summed E-state index contributed by atoms with van der Waals surface area (Å²) in [7, 11) is -2.15. The number of methoxy groups -OCH3 is 1. The molecule has 1 aliphatic rings. The zero-order valence-corrected chi connectivity index (χ0v) is 14.7. The highest BCUT2D eigenvalue weighted by Gasteiger charge is 2.30. The number of sulfonamides is 1. The largest absolute Gasteiger partial charge is 0.495 e. The first-order chi connectivity index (χ1) is 9.86. The van der Waals surface area contributed by atoms with Crippen LogP contribution in [0.2, 0.25) is 0 Å². The van der Waals surface area contributed by atoms with Crippen molar-refractivity contribution < 1.29 is 13.2 Å². The first kappa shape index (κ1) is 19.2. The number of rotatable bonds is 5. The zero-order chi connectivity index (χ0) is 15.5. The van der Waals surface area contributed by atoms with Crippen LogP contribution in [0.5, 0.6) is 5.75 Å². The third kappa shape index (κ3) is 4.59. The topological polar surface area (TPSA) is 81.4 Å². The molecule has 22 heavy (non-hydrogen) atoms. The van der Waals surface area contributed by atoms with E-state index in [1.54, 1.807) is 12.1 Å². The van der Waals surface area contributed by atoms with Crippen molar-refractivity contribution in [1.29, 1.82) is 0 Å². The van der Waals surface area contributed by atoms with E-state index in [2.05, 4.69) is 4.72 Å². The van der Waals surface area contributed by atoms with Crippen molar-refractivity contribution in [3.8, 4) is 5.75 Å². The van der Waals surface area contributed by atoms with Gasteiger partial charge < -0.3 is 10.5 Å². The molecular weight excluding hydrogens is 324 g/mol. The van der Waals surface area contributed by atoms with Crippen molar-refractivity contribution in [2.45, 2.75) is 49.5 Å². The zero-order valence-electron chi connectivity index (χ0n) is 13.1. The highest BCUT2D eigenvalue weighted by atomic mass is 35.5. The minimum absolute atomic E-state index is 0. The third-order valence-corrected chi connectivity index (χ3v) is 5.49. The van der Waals surface area contributed by atoms with Gasteiger partial charge in [0.05, 0.1) is 7.11 Å². The van der Waals surface area contributed by atoms with Crippen LogP contribution >= 0.6 is 12.4 Å². The number of hydrogen-bond acceptors (Lipinski definition) is 4. The molecule has 5 nitrogen and oxygen atoms in total. The molecule has 3 N–H and O–H groups in total. The molecule has 0 unspecified atom stereocenters. The maximum absolute atomic E-state index is 12.5. The fraction of sp³-hybridized carbons (Fsp3) is 0.600. The maximum Gasteiger partial charge on any atom is 0.244 e. The van der Waals surface area contributed by atoms with Gasteiger partial charge in [-0.25, -0.2) is 13.1 Å². The quantitative estimate of drug-likeness (QED) is 0.855. The summed E-state index contributed by atoms with van der Waals surface area (Å²) in [6, 6.07) is 5.11. The van der Waals surface area contributed by atoms with Gasteiger partial charge in [0.15, 0.2) is 0 Å². The number of ether oxygens (including phenoxy) is 1. The lowest BCUT2D eigenvalue weighted by molar-refractivity contribution is 0.296. The van der Waals surface area contributed by atoms with Crippen molar-refractivity contribution in [1.82, 2.24) is 4.72 Å². The van der Waals surface area contributed by atoms with E-state index in [0.29, 0.717) is 5.75 Å². The molecule has 0 aliphatic heterocycles. The van der Waals surface area contributed by atoms with Gasteiger partial charge in [-0.05, 0) is 37.5 Å². The Hall–Kier alpha value is -0.820. The lowest BCUT2D eigenvalue weighted by Crippen LogP contribution is -2.51. The molecule has 0 heterocycles. The van der Waals surface area contributed by atoms with Crippen LogP contribution in [0, 0.1) is 6.92 Å². The van der Waals surface area contributed by atoms with Gasteiger partial charge in [-0.2, -0.15) is 0 Å². The van der Waals surface area contributed by atoms with Crippen LogP contribution in [0.1, 0.15) is 37.7 Å². The van der Waals surface area contributed by atoms with E-state index in [1.807, 2.05) is 13.0 Å². The van der Waals surface area contributed by atoms with Gasteiger partial charge in [0.25, 0.3) is 0 Å². The Morgan fingerprint density at radius 2 is 1.91 bits per heavy atom. The van der Waals surface area contributed by atoms with Crippen molar-refractivity contribution >= 4 is 22.4 Å². The van der Waals surface area contributed by atoms with Gasteiger partial charge in [-0.15, -0.1) is 12.4 Å². The molecule has 0 amide bonds. The standard InChI is InChI=1S/C15H24N2O3S.ClH/c1-12-6-7-13(20-2)14(10-12)21(18,19)17-11-15(16)8-4-3-5-9-15;/h6-7,10,17H,3-5,8-9,11,16H2,1-2H3;1H. The molecule has 0 atom stereocenters. The van der Waals surface area contributed by atoms with E-state index >= 15 is 0 Å². The first-order valence-electron chi connectivity index (χ1n) is 7.29. The Bertz CT molecular complexity index is 599. The minimum Gasteiger partial charge on any atom is -0.495 e. The van der Waals surface area contributed by atoms with Crippen LogP contribution in [0.25, 0.3) is 0 Å². The van der Waals surface area contributed by atoms with Crippen molar-refractivity contribution in [2.24, 2.45) is 5.73 Å². The molecule has 2 rings (SSSR count). The van der Waals surface area contributed by atoms with Gasteiger partial charge in [0.1, 0.15) is 10.6 Å².